The van der Waals surface area contributed by atoms with Crippen LogP contribution in [0.4, 0.5) is 0 Å². The van der Waals surface area contributed by atoms with Gasteiger partial charge >= 0.3 is 5.97 Å². The zero-order chi connectivity index (χ0) is 18.9. The number of allylic oxidation sites excluding steroid dienone is 1. The molecule has 0 radical (unpaired) electrons. The summed E-state index contributed by atoms with van der Waals surface area (Å²) in [4.78, 5) is 25.9. The molecule has 1 rings (SSSR count). The van der Waals surface area contributed by atoms with Crippen LogP contribution in [0.15, 0.2) is 23.9 Å². The Hall–Kier alpha value is -1.40. The number of rotatable bonds is 6. The molecule has 5 nitrogen and oxygen atoms in total. The quantitative estimate of drug-likeness (QED) is 0.741. The Bertz CT molecular complexity index is 572. The van der Waals surface area contributed by atoms with E-state index in [-0.39, 0.29) is 17.2 Å². The first-order valence-electron chi connectivity index (χ1n) is 8.24. The van der Waals surface area contributed by atoms with E-state index in [4.69, 9.17) is 4.43 Å². The van der Waals surface area contributed by atoms with Gasteiger partial charge < -0.3 is 19.2 Å². The highest BCUT2D eigenvalue weighted by Crippen LogP contribution is 2.44. The molecule has 0 aliphatic heterocycles. The van der Waals surface area contributed by atoms with Gasteiger partial charge in [0.1, 0.15) is 5.78 Å². The summed E-state index contributed by atoms with van der Waals surface area (Å²) in [7, 11) is 1.43. The van der Waals surface area contributed by atoms with Crippen LogP contribution in [0.2, 0.25) is 18.1 Å². The Labute approximate surface area is 146 Å². The summed E-state index contributed by atoms with van der Waals surface area (Å²) in [6.45, 7) is 11.8. The van der Waals surface area contributed by atoms with Crippen LogP contribution in [0.1, 0.15) is 34.1 Å². The van der Waals surface area contributed by atoms with Crippen LogP contribution in [0.3, 0.4) is 0 Å². The maximum Gasteiger partial charge on any atom is 0.339 e. The number of likely N-dealkylation sites (N-methyl/N-ethyl adjacent to an activating group) is 1. The van der Waals surface area contributed by atoms with E-state index < -0.39 is 25.8 Å². The van der Waals surface area contributed by atoms with Gasteiger partial charge in [-0.2, -0.15) is 0 Å². The minimum Gasteiger partial charge on any atom is -0.479 e. The van der Waals surface area contributed by atoms with Gasteiger partial charge in [0.05, 0.1) is 0 Å². The van der Waals surface area contributed by atoms with Crippen molar-refractivity contribution in [1.29, 1.82) is 0 Å². The van der Waals surface area contributed by atoms with E-state index >= 15 is 0 Å². The van der Waals surface area contributed by atoms with Gasteiger partial charge in [-0.15, -0.1) is 0 Å². The summed E-state index contributed by atoms with van der Waals surface area (Å²) >= 11 is 0. The molecule has 1 aliphatic carbocycles. The second-order valence-electron chi connectivity index (χ2n) is 8.29. The summed E-state index contributed by atoms with van der Waals surface area (Å²) < 4.78 is 6.37. The minimum absolute atomic E-state index is 0.0471. The fourth-order valence-corrected chi connectivity index (χ4v) is 3.95. The molecule has 6 heteroatoms. The Kier molecular flexibility index (Phi) is 5.88. The van der Waals surface area contributed by atoms with Gasteiger partial charge in [0.25, 0.3) is 0 Å². The molecule has 0 saturated heterocycles. The lowest BCUT2D eigenvalue weighted by molar-refractivity contribution is -0.155. The fraction of sp³-hybridized carbons (Fsp3) is 0.667. The van der Waals surface area contributed by atoms with Crippen molar-refractivity contribution in [2.45, 2.75) is 57.8 Å². The van der Waals surface area contributed by atoms with Gasteiger partial charge in [-0.25, -0.2) is 4.79 Å². The van der Waals surface area contributed by atoms with Crippen LogP contribution >= 0.6 is 0 Å². The molecule has 0 heterocycles. The van der Waals surface area contributed by atoms with Gasteiger partial charge in [0.15, 0.2) is 13.9 Å². The predicted octanol–water partition coefficient (Wildman–Crippen LogP) is 3.44. The average molecular weight is 354 g/mol. The highest BCUT2D eigenvalue weighted by molar-refractivity contribution is 6.74. The zero-order valence-electron chi connectivity index (χ0n) is 16.1. The standard InChI is InChI=1S/C18H31NO4Si/c1-13(20)11-14-12-15(19(5)6)9-10-18(14,16(21)22)23-24(7,8)17(2,3)4/h9-10,12,14H,11H2,1-8H3,(H,21,22). The molecular weight excluding hydrogens is 322 g/mol. The molecule has 0 aromatic rings. The molecule has 24 heavy (non-hydrogen) atoms. The molecule has 136 valence electrons. The van der Waals surface area contributed by atoms with Gasteiger partial charge in [-0.1, -0.05) is 26.8 Å². The number of carbonyl (C=O) groups is 2. The van der Waals surface area contributed by atoms with Crippen LogP contribution in [0, 0.1) is 5.92 Å². The number of nitrogens with zero attached hydrogens (tertiary/aromatic N) is 1. The van der Waals surface area contributed by atoms with Crippen molar-refractivity contribution >= 4 is 20.1 Å². The molecule has 0 bridgehead atoms. The van der Waals surface area contributed by atoms with Crippen LogP contribution < -0.4 is 0 Å². The van der Waals surface area contributed by atoms with E-state index in [1.165, 1.54) is 6.92 Å². The molecule has 1 aliphatic rings. The molecule has 1 N–H and O–H groups in total. The number of carboxylic acid groups (broad SMARTS) is 1. The third kappa shape index (κ3) is 4.16. The Morgan fingerprint density at radius 3 is 2.25 bits per heavy atom. The van der Waals surface area contributed by atoms with Gasteiger partial charge in [0, 0.05) is 32.1 Å². The predicted molar refractivity (Wildman–Crippen MR) is 98.3 cm³/mol. The summed E-state index contributed by atoms with van der Waals surface area (Å²) in [5, 5.41) is 9.89. The molecule has 0 aromatic heterocycles. The van der Waals surface area contributed by atoms with Crippen LogP contribution in [0.5, 0.6) is 0 Å². The lowest BCUT2D eigenvalue weighted by atomic mass is 9.80. The molecule has 0 spiro atoms. The number of ketones is 1. The molecule has 0 aromatic carbocycles. The minimum atomic E-state index is -2.36. The number of carbonyl (C=O) groups excluding carboxylic acids is 1. The van der Waals surface area contributed by atoms with E-state index in [9.17, 15) is 14.7 Å². The molecule has 2 atom stereocenters. The van der Waals surface area contributed by atoms with Crippen molar-refractivity contribution in [2.75, 3.05) is 14.1 Å². The van der Waals surface area contributed by atoms with Crippen LogP contribution in [-0.4, -0.2) is 49.8 Å². The SMILES string of the molecule is CC(=O)CC1C=C(N(C)C)C=CC1(O[Si](C)(C)C(C)(C)C)C(=O)O. The van der Waals surface area contributed by atoms with E-state index in [0.717, 1.165) is 5.70 Å². The maximum absolute atomic E-state index is 12.2. The molecular formula is C18H31NO4Si. The van der Waals surface area contributed by atoms with E-state index in [1.54, 1.807) is 12.2 Å². The van der Waals surface area contributed by atoms with Crippen molar-refractivity contribution in [3.63, 3.8) is 0 Å². The molecule has 2 unspecified atom stereocenters. The summed E-state index contributed by atoms with van der Waals surface area (Å²) in [6.07, 6.45) is 5.39. The number of hydrogen-bond donors (Lipinski definition) is 1. The second kappa shape index (κ2) is 6.84. The Balaban J connectivity index is 3.40. The smallest absolute Gasteiger partial charge is 0.339 e. The second-order valence-corrected chi connectivity index (χ2v) is 13.0. The maximum atomic E-state index is 12.2. The lowest BCUT2D eigenvalue weighted by Crippen LogP contribution is -2.57. The molecule has 0 saturated carbocycles. The monoisotopic (exact) mass is 353 g/mol. The number of carboxylic acids is 1. The van der Waals surface area contributed by atoms with Crippen molar-refractivity contribution < 1.29 is 19.1 Å². The largest absolute Gasteiger partial charge is 0.479 e. The number of Topliss-reactive ketones (excluding diaryl/α,β-unsaturated/α-hetero) is 1. The summed E-state index contributed by atoms with van der Waals surface area (Å²) in [5.74, 6) is -1.61. The Morgan fingerprint density at radius 1 is 1.33 bits per heavy atom. The zero-order valence-corrected chi connectivity index (χ0v) is 17.1. The van der Waals surface area contributed by atoms with Crippen molar-refractivity contribution in [3.05, 3.63) is 23.9 Å². The first kappa shape index (κ1) is 20.6. The normalized spacial score (nSPS) is 24.5. The van der Waals surface area contributed by atoms with Crippen molar-refractivity contribution in [1.82, 2.24) is 4.90 Å². The number of aliphatic carboxylic acids is 1. The number of hydrogen-bond acceptors (Lipinski definition) is 4. The van der Waals surface area contributed by atoms with Crippen LogP contribution in [0.25, 0.3) is 0 Å². The van der Waals surface area contributed by atoms with Crippen molar-refractivity contribution in [3.8, 4) is 0 Å². The Morgan fingerprint density at radius 2 is 1.88 bits per heavy atom. The summed E-state index contributed by atoms with van der Waals surface area (Å²) in [5.41, 5.74) is -0.606. The summed E-state index contributed by atoms with van der Waals surface area (Å²) in [6, 6.07) is 0. The van der Waals surface area contributed by atoms with E-state index in [2.05, 4.69) is 20.8 Å². The van der Waals surface area contributed by atoms with E-state index in [1.807, 2.05) is 38.2 Å². The molecule has 0 fully saturated rings. The fourth-order valence-electron chi connectivity index (χ4n) is 2.50. The first-order valence-corrected chi connectivity index (χ1v) is 11.1. The van der Waals surface area contributed by atoms with Crippen molar-refractivity contribution in [2.24, 2.45) is 5.92 Å². The van der Waals surface area contributed by atoms with E-state index in [0.29, 0.717) is 0 Å². The first-order chi connectivity index (χ1) is 10.7. The lowest BCUT2D eigenvalue weighted by Gasteiger charge is -2.46. The highest BCUT2D eigenvalue weighted by atomic mass is 28.4. The third-order valence-electron chi connectivity index (χ3n) is 5.01. The highest BCUT2D eigenvalue weighted by Gasteiger charge is 2.52. The average Bonchev–Trinajstić information content (AvgIpc) is 2.37. The third-order valence-corrected chi connectivity index (χ3v) is 9.47. The van der Waals surface area contributed by atoms with Crippen LogP contribution in [-0.2, 0) is 14.0 Å². The topological polar surface area (TPSA) is 66.8 Å². The van der Waals surface area contributed by atoms with Gasteiger partial charge in [-0.3, -0.25) is 0 Å². The van der Waals surface area contributed by atoms with Gasteiger partial charge in [0.2, 0.25) is 0 Å². The van der Waals surface area contributed by atoms with Gasteiger partial charge in [-0.05, 0) is 37.2 Å². The molecule has 0 amide bonds.